The zero-order valence-electron chi connectivity index (χ0n) is 12.2. The maximum absolute atomic E-state index is 12.8. The van der Waals surface area contributed by atoms with E-state index in [4.69, 9.17) is 9.68 Å². The molecule has 1 saturated heterocycles. The Kier molecular flexibility index (Phi) is 2.96. The summed E-state index contributed by atoms with van der Waals surface area (Å²) < 4.78 is 14.2. The molecule has 2 aromatic heterocycles. The molecule has 0 bridgehead atoms. The minimum atomic E-state index is -0.499. The van der Waals surface area contributed by atoms with Crippen LogP contribution in [0.15, 0.2) is 24.8 Å². The summed E-state index contributed by atoms with van der Waals surface area (Å²) in [4.78, 5) is 19.3. The summed E-state index contributed by atoms with van der Waals surface area (Å²) in [5, 5.41) is 5.45. The van der Waals surface area contributed by atoms with E-state index >= 15 is 0 Å². The van der Waals surface area contributed by atoms with E-state index in [2.05, 4.69) is 15.1 Å². The molecule has 0 N–H and O–H groups in total. The van der Waals surface area contributed by atoms with Crippen LogP contribution in [0.4, 0.5) is 10.1 Å². The molecule has 0 unspecified atom stereocenters. The number of halogens is 1. The van der Waals surface area contributed by atoms with Crippen molar-refractivity contribution < 1.29 is 14.1 Å². The van der Waals surface area contributed by atoms with E-state index in [9.17, 15) is 4.39 Å². The van der Waals surface area contributed by atoms with Crippen molar-refractivity contribution in [3.05, 3.63) is 30.6 Å². The van der Waals surface area contributed by atoms with Crippen LogP contribution in [0.5, 0.6) is 0 Å². The van der Waals surface area contributed by atoms with Crippen molar-refractivity contribution in [1.82, 2.24) is 19.7 Å². The molecule has 0 atom stereocenters. The zero-order valence-corrected chi connectivity index (χ0v) is 12.2. The largest absolute Gasteiger partial charge is 0.250 e. The molecule has 0 aromatic carbocycles. The Hall–Kier alpha value is -2.06. The van der Waals surface area contributed by atoms with Crippen LogP contribution in [-0.2, 0) is 9.68 Å². The SMILES string of the molecule is CC1(C)ON(c2cnn(-c3ncc(F)cn3)c2)OC1(C)C. The minimum absolute atomic E-state index is 0.264. The molecule has 0 radical (unpaired) electrons. The molecular formula is C13H16FN5O2. The van der Waals surface area contributed by atoms with Crippen molar-refractivity contribution in [2.24, 2.45) is 0 Å². The number of hydrogen-bond donors (Lipinski definition) is 0. The van der Waals surface area contributed by atoms with Crippen molar-refractivity contribution >= 4 is 5.69 Å². The van der Waals surface area contributed by atoms with Gasteiger partial charge in [0.1, 0.15) is 16.9 Å². The first-order valence-corrected chi connectivity index (χ1v) is 6.49. The zero-order chi connectivity index (χ0) is 15.3. The Morgan fingerprint density at radius 2 is 1.57 bits per heavy atom. The highest BCUT2D eigenvalue weighted by atomic mass is 19.1. The van der Waals surface area contributed by atoms with Gasteiger partial charge in [-0.1, -0.05) is 0 Å². The van der Waals surface area contributed by atoms with Gasteiger partial charge in [0.15, 0.2) is 5.82 Å². The summed E-state index contributed by atoms with van der Waals surface area (Å²) in [6.45, 7) is 7.78. The van der Waals surface area contributed by atoms with E-state index in [1.54, 1.807) is 12.4 Å². The van der Waals surface area contributed by atoms with E-state index in [1.165, 1.54) is 9.91 Å². The van der Waals surface area contributed by atoms with Gasteiger partial charge in [-0.25, -0.2) is 28.7 Å². The Morgan fingerprint density at radius 3 is 2.14 bits per heavy atom. The van der Waals surface area contributed by atoms with Gasteiger partial charge >= 0.3 is 0 Å². The average molecular weight is 293 g/mol. The molecule has 21 heavy (non-hydrogen) atoms. The molecule has 3 heterocycles. The summed E-state index contributed by atoms with van der Waals surface area (Å²) in [6, 6.07) is 0. The Morgan fingerprint density at radius 1 is 1.00 bits per heavy atom. The van der Waals surface area contributed by atoms with E-state index in [0.29, 0.717) is 5.69 Å². The lowest BCUT2D eigenvalue weighted by atomic mass is 9.90. The Bertz CT molecular complexity index is 637. The van der Waals surface area contributed by atoms with Gasteiger partial charge in [0.05, 0.1) is 24.8 Å². The fourth-order valence-corrected chi connectivity index (χ4v) is 1.70. The van der Waals surface area contributed by atoms with Crippen molar-refractivity contribution in [2.45, 2.75) is 38.9 Å². The molecule has 3 rings (SSSR count). The Balaban J connectivity index is 1.85. The Labute approximate surface area is 121 Å². The van der Waals surface area contributed by atoms with Gasteiger partial charge in [-0.2, -0.15) is 5.10 Å². The van der Waals surface area contributed by atoms with Crippen LogP contribution in [0, 0.1) is 5.82 Å². The summed E-state index contributed by atoms with van der Waals surface area (Å²) >= 11 is 0. The van der Waals surface area contributed by atoms with Crippen molar-refractivity contribution in [2.75, 3.05) is 5.23 Å². The van der Waals surface area contributed by atoms with Crippen LogP contribution in [0.3, 0.4) is 0 Å². The second-order valence-corrected chi connectivity index (χ2v) is 5.80. The van der Waals surface area contributed by atoms with E-state index < -0.39 is 17.0 Å². The molecule has 0 aliphatic carbocycles. The van der Waals surface area contributed by atoms with Crippen molar-refractivity contribution in [3.8, 4) is 5.95 Å². The summed E-state index contributed by atoms with van der Waals surface area (Å²) in [7, 11) is 0. The quantitative estimate of drug-likeness (QED) is 0.844. The first-order chi connectivity index (χ1) is 9.78. The van der Waals surface area contributed by atoms with Crippen LogP contribution < -0.4 is 5.23 Å². The van der Waals surface area contributed by atoms with Gasteiger partial charge in [0, 0.05) is 0 Å². The topological polar surface area (TPSA) is 65.3 Å². The maximum atomic E-state index is 12.8. The lowest BCUT2D eigenvalue weighted by molar-refractivity contribution is -0.0273. The van der Waals surface area contributed by atoms with Crippen LogP contribution >= 0.6 is 0 Å². The molecular weight excluding hydrogens is 277 g/mol. The standard InChI is InChI=1S/C13H16FN5O2/c1-12(2)13(3,4)21-19(20-12)10-7-17-18(8-10)11-15-5-9(14)6-16-11/h5-8H,1-4H3. The third-order valence-corrected chi connectivity index (χ3v) is 3.66. The molecule has 112 valence electrons. The third kappa shape index (κ3) is 2.36. The molecule has 1 fully saturated rings. The first kappa shape index (κ1) is 13.9. The molecule has 0 spiro atoms. The summed E-state index contributed by atoms with van der Waals surface area (Å²) in [6.07, 6.45) is 5.37. The highest BCUT2D eigenvalue weighted by molar-refractivity contribution is 5.39. The van der Waals surface area contributed by atoms with E-state index in [1.807, 2.05) is 27.7 Å². The second-order valence-electron chi connectivity index (χ2n) is 5.80. The van der Waals surface area contributed by atoms with Crippen molar-refractivity contribution in [3.63, 3.8) is 0 Å². The number of hydrogen-bond acceptors (Lipinski definition) is 6. The normalized spacial score (nSPS) is 20.0. The van der Waals surface area contributed by atoms with Crippen molar-refractivity contribution in [1.29, 1.82) is 0 Å². The minimum Gasteiger partial charge on any atom is -0.239 e. The monoisotopic (exact) mass is 293 g/mol. The average Bonchev–Trinajstić information content (AvgIpc) is 2.94. The molecule has 0 saturated carbocycles. The van der Waals surface area contributed by atoms with Gasteiger partial charge in [-0.15, -0.1) is 5.23 Å². The predicted octanol–water partition coefficient (Wildman–Crippen LogP) is 2.04. The van der Waals surface area contributed by atoms with Gasteiger partial charge in [-0.3, -0.25) is 0 Å². The number of aromatic nitrogens is 4. The lowest BCUT2D eigenvalue weighted by Crippen LogP contribution is -2.41. The van der Waals surface area contributed by atoms with Crippen LogP contribution in [0.2, 0.25) is 0 Å². The smallest absolute Gasteiger partial charge is 0.239 e. The molecule has 7 nitrogen and oxygen atoms in total. The second kappa shape index (κ2) is 4.47. The molecule has 1 aliphatic heterocycles. The summed E-state index contributed by atoms with van der Waals surface area (Å²) in [5.41, 5.74) is -0.371. The van der Waals surface area contributed by atoms with Crippen LogP contribution in [0.1, 0.15) is 27.7 Å². The highest BCUT2D eigenvalue weighted by Crippen LogP contribution is 2.39. The van der Waals surface area contributed by atoms with Crippen LogP contribution in [0.25, 0.3) is 5.95 Å². The van der Waals surface area contributed by atoms with Crippen LogP contribution in [-0.4, -0.2) is 31.0 Å². The maximum Gasteiger partial charge on any atom is 0.250 e. The first-order valence-electron chi connectivity index (χ1n) is 6.49. The van der Waals surface area contributed by atoms with Gasteiger partial charge < -0.3 is 0 Å². The highest BCUT2D eigenvalue weighted by Gasteiger charge is 2.50. The van der Waals surface area contributed by atoms with Gasteiger partial charge in [0.2, 0.25) is 0 Å². The van der Waals surface area contributed by atoms with Gasteiger partial charge in [-0.05, 0) is 27.7 Å². The third-order valence-electron chi connectivity index (χ3n) is 3.66. The van der Waals surface area contributed by atoms with E-state index in [0.717, 1.165) is 12.4 Å². The molecule has 2 aromatic rings. The summed E-state index contributed by atoms with van der Waals surface area (Å²) in [5.74, 6) is -0.235. The van der Waals surface area contributed by atoms with Gasteiger partial charge in [0.25, 0.3) is 5.95 Å². The predicted molar refractivity (Wildman–Crippen MR) is 71.9 cm³/mol. The lowest BCUT2D eigenvalue weighted by Gasteiger charge is -2.26. The number of nitrogens with zero attached hydrogens (tertiary/aromatic N) is 5. The molecule has 8 heteroatoms. The van der Waals surface area contributed by atoms with E-state index in [-0.39, 0.29) is 5.95 Å². The number of anilines is 1. The number of rotatable bonds is 2. The fourth-order valence-electron chi connectivity index (χ4n) is 1.70. The molecule has 0 amide bonds. The molecule has 1 aliphatic rings. The fraction of sp³-hybridized carbons (Fsp3) is 0.462.